The van der Waals surface area contributed by atoms with Crippen molar-refractivity contribution in [3.05, 3.63) is 28.2 Å². The number of carbonyl (C=O) groups excluding carboxylic acids is 1. The Labute approximate surface area is 121 Å². The van der Waals surface area contributed by atoms with Crippen LogP contribution in [0.15, 0.2) is 22.7 Å². The monoisotopic (exact) mass is 327 g/mol. The molecule has 0 spiro atoms. The number of rotatable bonds is 6. The Morgan fingerprint density at radius 1 is 1.53 bits per heavy atom. The van der Waals surface area contributed by atoms with Crippen molar-refractivity contribution in [2.24, 2.45) is 5.41 Å². The molecule has 1 aliphatic rings. The lowest BCUT2D eigenvalue weighted by Crippen LogP contribution is -2.32. The van der Waals surface area contributed by atoms with Crippen molar-refractivity contribution in [3.8, 4) is 5.75 Å². The van der Waals surface area contributed by atoms with E-state index >= 15 is 0 Å². The molecule has 0 aliphatic heterocycles. The van der Waals surface area contributed by atoms with E-state index in [1.165, 1.54) is 0 Å². The molecule has 1 aliphatic carbocycles. The van der Waals surface area contributed by atoms with Crippen LogP contribution in [0.1, 0.15) is 18.4 Å². The lowest BCUT2D eigenvalue weighted by atomic mass is 10.1. The largest absolute Gasteiger partial charge is 0.496 e. The molecule has 0 unspecified atom stereocenters. The van der Waals surface area contributed by atoms with E-state index in [0.29, 0.717) is 12.3 Å². The Hall–Kier alpha value is -1.07. The zero-order chi connectivity index (χ0) is 13.9. The molecule has 0 saturated heterocycles. The van der Waals surface area contributed by atoms with Crippen LogP contribution in [0.2, 0.25) is 0 Å². The predicted octanol–water partition coefficient (Wildman–Crippen LogP) is 1.89. The third kappa shape index (κ3) is 3.70. The molecule has 0 atom stereocenters. The van der Waals surface area contributed by atoms with Gasteiger partial charge >= 0.3 is 0 Å². The van der Waals surface area contributed by atoms with E-state index < -0.39 is 0 Å². The number of aliphatic hydroxyl groups excluding tert-OH is 1. The molecule has 5 heteroatoms. The molecule has 1 aromatic rings. The quantitative estimate of drug-likeness (QED) is 0.838. The smallest absolute Gasteiger partial charge is 0.224 e. The summed E-state index contributed by atoms with van der Waals surface area (Å²) in [7, 11) is 1.59. The van der Waals surface area contributed by atoms with Crippen LogP contribution in [0.25, 0.3) is 0 Å². The second-order valence-electron chi connectivity index (χ2n) is 5.07. The highest BCUT2D eigenvalue weighted by Gasteiger charge is 2.42. The molecule has 1 saturated carbocycles. The molecule has 0 heterocycles. The molecular weight excluding hydrogens is 310 g/mol. The van der Waals surface area contributed by atoms with E-state index in [9.17, 15) is 9.90 Å². The van der Waals surface area contributed by atoms with Gasteiger partial charge in [-0.1, -0.05) is 15.9 Å². The Bertz CT molecular complexity index is 472. The summed E-state index contributed by atoms with van der Waals surface area (Å²) in [4.78, 5) is 11.9. The molecule has 1 fully saturated rings. The fourth-order valence-electron chi connectivity index (χ4n) is 1.97. The molecule has 0 radical (unpaired) electrons. The molecule has 19 heavy (non-hydrogen) atoms. The van der Waals surface area contributed by atoms with Gasteiger partial charge in [-0.05, 0) is 31.0 Å². The molecule has 1 amide bonds. The van der Waals surface area contributed by atoms with Crippen molar-refractivity contribution in [1.29, 1.82) is 0 Å². The number of aliphatic hydroxyl groups is 1. The van der Waals surface area contributed by atoms with Crippen LogP contribution < -0.4 is 10.1 Å². The SMILES string of the molecule is COc1ccc(Br)cc1CC(=O)NCC1(CO)CC1. The lowest BCUT2D eigenvalue weighted by Gasteiger charge is -2.13. The number of hydrogen-bond acceptors (Lipinski definition) is 3. The summed E-state index contributed by atoms with van der Waals surface area (Å²) >= 11 is 3.39. The van der Waals surface area contributed by atoms with Gasteiger partial charge in [-0.3, -0.25) is 4.79 Å². The summed E-state index contributed by atoms with van der Waals surface area (Å²) in [5, 5.41) is 12.1. The van der Waals surface area contributed by atoms with Crippen LogP contribution in [0, 0.1) is 5.41 Å². The van der Waals surface area contributed by atoms with E-state index in [1.807, 2.05) is 18.2 Å². The van der Waals surface area contributed by atoms with Gasteiger partial charge in [0, 0.05) is 22.0 Å². The molecule has 1 aromatic carbocycles. The van der Waals surface area contributed by atoms with Gasteiger partial charge in [-0.25, -0.2) is 0 Å². The Morgan fingerprint density at radius 2 is 2.26 bits per heavy atom. The lowest BCUT2D eigenvalue weighted by molar-refractivity contribution is -0.120. The molecule has 2 N–H and O–H groups in total. The van der Waals surface area contributed by atoms with Crippen LogP contribution in [0.4, 0.5) is 0 Å². The normalized spacial score (nSPS) is 15.9. The van der Waals surface area contributed by atoms with Crippen LogP contribution in [0.3, 0.4) is 0 Å². The molecule has 0 bridgehead atoms. The Morgan fingerprint density at radius 3 is 2.84 bits per heavy atom. The highest BCUT2D eigenvalue weighted by molar-refractivity contribution is 9.10. The van der Waals surface area contributed by atoms with Crippen LogP contribution in [-0.2, 0) is 11.2 Å². The van der Waals surface area contributed by atoms with Crippen molar-refractivity contribution in [2.45, 2.75) is 19.3 Å². The summed E-state index contributed by atoms with van der Waals surface area (Å²) in [5.74, 6) is 0.665. The van der Waals surface area contributed by atoms with Crippen LogP contribution >= 0.6 is 15.9 Å². The van der Waals surface area contributed by atoms with Crippen molar-refractivity contribution in [1.82, 2.24) is 5.32 Å². The van der Waals surface area contributed by atoms with Gasteiger partial charge in [0.15, 0.2) is 0 Å². The Kier molecular flexibility index (Phi) is 4.47. The first kappa shape index (κ1) is 14.3. The van der Waals surface area contributed by atoms with Crippen molar-refractivity contribution in [3.63, 3.8) is 0 Å². The van der Waals surface area contributed by atoms with Crippen LogP contribution in [-0.4, -0.2) is 31.3 Å². The topological polar surface area (TPSA) is 58.6 Å². The summed E-state index contributed by atoms with van der Waals surface area (Å²) in [5.41, 5.74) is 0.792. The molecule has 0 aromatic heterocycles. The predicted molar refractivity (Wildman–Crippen MR) is 76.2 cm³/mol. The van der Waals surface area contributed by atoms with E-state index in [4.69, 9.17) is 4.74 Å². The minimum Gasteiger partial charge on any atom is -0.496 e. The molecule has 2 rings (SSSR count). The minimum atomic E-state index is -0.0585. The number of benzene rings is 1. The summed E-state index contributed by atoms with van der Waals surface area (Å²) in [6.07, 6.45) is 2.26. The fourth-order valence-corrected chi connectivity index (χ4v) is 2.38. The van der Waals surface area contributed by atoms with E-state index in [-0.39, 0.29) is 24.3 Å². The number of ether oxygens (including phenoxy) is 1. The zero-order valence-electron chi connectivity index (χ0n) is 10.9. The first-order chi connectivity index (χ1) is 9.08. The summed E-state index contributed by atoms with van der Waals surface area (Å²) in [6, 6.07) is 5.60. The van der Waals surface area contributed by atoms with Crippen molar-refractivity contribution >= 4 is 21.8 Å². The number of halogens is 1. The van der Waals surface area contributed by atoms with Gasteiger partial charge in [-0.15, -0.1) is 0 Å². The highest BCUT2D eigenvalue weighted by atomic mass is 79.9. The minimum absolute atomic E-state index is 0.0453. The van der Waals surface area contributed by atoms with E-state index in [1.54, 1.807) is 7.11 Å². The van der Waals surface area contributed by atoms with Gasteiger partial charge in [0.2, 0.25) is 5.91 Å². The second-order valence-corrected chi connectivity index (χ2v) is 5.98. The van der Waals surface area contributed by atoms with Crippen LogP contribution in [0.5, 0.6) is 5.75 Å². The maximum absolute atomic E-state index is 11.9. The maximum atomic E-state index is 11.9. The first-order valence-electron chi connectivity index (χ1n) is 6.28. The standard InChI is InChI=1S/C14H18BrNO3/c1-19-12-3-2-11(15)6-10(12)7-13(18)16-8-14(9-17)4-5-14/h2-3,6,17H,4-5,7-9H2,1H3,(H,16,18). The second kappa shape index (κ2) is 5.92. The maximum Gasteiger partial charge on any atom is 0.224 e. The van der Waals surface area contributed by atoms with Gasteiger partial charge in [0.25, 0.3) is 0 Å². The number of nitrogens with one attached hydrogen (secondary N) is 1. The zero-order valence-corrected chi connectivity index (χ0v) is 12.5. The van der Waals surface area contributed by atoms with Crippen molar-refractivity contribution < 1.29 is 14.6 Å². The van der Waals surface area contributed by atoms with E-state index in [2.05, 4.69) is 21.2 Å². The summed E-state index contributed by atoms with van der Waals surface area (Å²) in [6.45, 7) is 0.701. The number of methoxy groups -OCH3 is 1. The van der Waals surface area contributed by atoms with Gasteiger partial charge in [0.1, 0.15) is 5.75 Å². The molecule has 4 nitrogen and oxygen atoms in total. The van der Waals surface area contributed by atoms with Gasteiger partial charge in [-0.2, -0.15) is 0 Å². The highest BCUT2D eigenvalue weighted by Crippen LogP contribution is 2.44. The average Bonchev–Trinajstić information content (AvgIpc) is 3.17. The third-order valence-electron chi connectivity index (χ3n) is 3.55. The molecule has 104 valence electrons. The average molecular weight is 328 g/mol. The van der Waals surface area contributed by atoms with E-state index in [0.717, 1.165) is 22.9 Å². The Balaban J connectivity index is 1.93. The van der Waals surface area contributed by atoms with Crippen molar-refractivity contribution in [2.75, 3.05) is 20.3 Å². The number of hydrogen-bond donors (Lipinski definition) is 2. The first-order valence-corrected chi connectivity index (χ1v) is 7.08. The van der Waals surface area contributed by atoms with Gasteiger partial charge in [0.05, 0.1) is 20.1 Å². The molecular formula is C14H18BrNO3. The summed E-state index contributed by atoms with van der Waals surface area (Å²) < 4.78 is 6.16. The third-order valence-corrected chi connectivity index (χ3v) is 4.04. The van der Waals surface area contributed by atoms with Gasteiger partial charge < -0.3 is 15.2 Å². The number of amides is 1. The number of carbonyl (C=O) groups is 1. The fraction of sp³-hybridized carbons (Fsp3) is 0.500.